The molecule has 0 spiro atoms. The molecule has 0 aliphatic carbocycles. The standard InChI is InChI=1S/C21H25N3O3/c1-4-5-12-27-18-9-7-17(8-10-18)14-22-24-21(26)20(25)23-19-11-6-15(2)13-16(19)3/h6-11,13-14H,4-5,12H2,1-3H3,(H,23,25)(H,24,26)/b22-14-. The number of nitrogens with one attached hydrogen (secondary N) is 2. The van der Waals surface area contributed by atoms with Gasteiger partial charge in [0.1, 0.15) is 5.75 Å². The third-order valence-corrected chi connectivity index (χ3v) is 3.86. The lowest BCUT2D eigenvalue weighted by Gasteiger charge is -2.08. The molecule has 6 nitrogen and oxygen atoms in total. The Balaban J connectivity index is 1.84. The molecule has 2 aromatic carbocycles. The lowest BCUT2D eigenvalue weighted by molar-refractivity contribution is -0.136. The first-order valence-electron chi connectivity index (χ1n) is 8.94. The van der Waals surface area contributed by atoms with Crippen molar-refractivity contribution in [2.24, 2.45) is 5.10 Å². The molecule has 0 aromatic heterocycles. The number of hydrazone groups is 1. The molecule has 0 radical (unpaired) electrons. The molecule has 6 heteroatoms. The highest BCUT2D eigenvalue weighted by molar-refractivity contribution is 6.39. The molecule has 142 valence electrons. The molecule has 2 rings (SSSR count). The van der Waals surface area contributed by atoms with E-state index in [0.29, 0.717) is 12.3 Å². The summed E-state index contributed by atoms with van der Waals surface area (Å²) in [6.45, 7) is 6.63. The molecule has 0 heterocycles. The topological polar surface area (TPSA) is 79.8 Å². The number of aryl methyl sites for hydroxylation is 2. The van der Waals surface area contributed by atoms with E-state index in [9.17, 15) is 9.59 Å². The maximum absolute atomic E-state index is 11.9. The molecule has 0 fully saturated rings. The van der Waals surface area contributed by atoms with Gasteiger partial charge in [0.15, 0.2) is 0 Å². The number of rotatable bonds is 7. The van der Waals surface area contributed by atoms with E-state index < -0.39 is 11.8 Å². The quantitative estimate of drug-likeness (QED) is 0.340. The predicted octanol–water partition coefficient (Wildman–Crippen LogP) is 3.57. The van der Waals surface area contributed by atoms with Gasteiger partial charge in [0, 0.05) is 5.69 Å². The summed E-state index contributed by atoms with van der Waals surface area (Å²) in [4.78, 5) is 23.8. The third kappa shape index (κ3) is 6.58. The largest absolute Gasteiger partial charge is 0.494 e. The van der Waals surface area contributed by atoms with Crippen LogP contribution in [0.25, 0.3) is 0 Å². The zero-order valence-corrected chi connectivity index (χ0v) is 15.9. The average molecular weight is 367 g/mol. The number of hydrogen-bond donors (Lipinski definition) is 2. The number of nitrogens with zero attached hydrogens (tertiary/aromatic N) is 1. The fraction of sp³-hybridized carbons (Fsp3) is 0.286. The minimum absolute atomic E-state index is 0.600. The molecule has 0 saturated heterocycles. The van der Waals surface area contributed by atoms with E-state index in [1.165, 1.54) is 6.21 Å². The average Bonchev–Trinajstić information content (AvgIpc) is 2.65. The Morgan fingerprint density at radius 3 is 2.48 bits per heavy atom. The monoisotopic (exact) mass is 367 g/mol. The number of carbonyl (C=O) groups excluding carboxylic acids is 2. The van der Waals surface area contributed by atoms with Crippen molar-refractivity contribution < 1.29 is 14.3 Å². The van der Waals surface area contributed by atoms with Crippen LogP contribution in [0.1, 0.15) is 36.5 Å². The van der Waals surface area contributed by atoms with Crippen LogP contribution in [0, 0.1) is 13.8 Å². The Morgan fingerprint density at radius 2 is 1.81 bits per heavy atom. The highest BCUT2D eigenvalue weighted by Crippen LogP contribution is 2.15. The van der Waals surface area contributed by atoms with Crippen molar-refractivity contribution in [3.63, 3.8) is 0 Å². The van der Waals surface area contributed by atoms with Crippen molar-refractivity contribution in [2.45, 2.75) is 33.6 Å². The normalized spacial score (nSPS) is 10.6. The van der Waals surface area contributed by atoms with Crippen LogP contribution < -0.4 is 15.5 Å². The van der Waals surface area contributed by atoms with Crippen LogP contribution in [-0.2, 0) is 9.59 Å². The summed E-state index contributed by atoms with van der Waals surface area (Å²) in [5, 5.41) is 6.40. The molecular formula is C21H25N3O3. The zero-order valence-electron chi connectivity index (χ0n) is 15.9. The lowest BCUT2D eigenvalue weighted by Crippen LogP contribution is -2.32. The summed E-state index contributed by atoms with van der Waals surface area (Å²) in [6, 6.07) is 12.9. The van der Waals surface area contributed by atoms with Gasteiger partial charge in [-0.05, 0) is 61.7 Å². The second-order valence-electron chi connectivity index (χ2n) is 6.24. The highest BCUT2D eigenvalue weighted by Gasteiger charge is 2.13. The second kappa shape index (κ2) is 10.1. The number of ether oxygens (including phenoxy) is 1. The Labute approximate surface area is 159 Å². The molecule has 27 heavy (non-hydrogen) atoms. The van der Waals surface area contributed by atoms with Crippen molar-refractivity contribution in [3.8, 4) is 5.75 Å². The van der Waals surface area contributed by atoms with Crippen LogP contribution in [-0.4, -0.2) is 24.6 Å². The summed E-state index contributed by atoms with van der Waals surface area (Å²) < 4.78 is 5.58. The Bertz CT molecular complexity index is 814. The van der Waals surface area contributed by atoms with E-state index >= 15 is 0 Å². The Hall–Kier alpha value is -3.15. The van der Waals surface area contributed by atoms with Crippen LogP contribution in [0.4, 0.5) is 5.69 Å². The van der Waals surface area contributed by atoms with Gasteiger partial charge in [0.25, 0.3) is 0 Å². The first-order valence-corrected chi connectivity index (χ1v) is 8.94. The molecule has 0 saturated carbocycles. The van der Waals surface area contributed by atoms with Gasteiger partial charge < -0.3 is 10.1 Å². The van der Waals surface area contributed by atoms with Crippen LogP contribution >= 0.6 is 0 Å². The van der Waals surface area contributed by atoms with Crippen LogP contribution in [0.3, 0.4) is 0 Å². The van der Waals surface area contributed by atoms with Gasteiger partial charge >= 0.3 is 11.8 Å². The van der Waals surface area contributed by atoms with Crippen molar-refractivity contribution in [3.05, 3.63) is 59.2 Å². The van der Waals surface area contributed by atoms with E-state index in [4.69, 9.17) is 4.74 Å². The minimum atomic E-state index is -0.828. The zero-order chi connectivity index (χ0) is 19.6. The number of unbranched alkanes of at least 4 members (excludes halogenated alkanes) is 1. The summed E-state index contributed by atoms with van der Waals surface area (Å²) >= 11 is 0. The van der Waals surface area contributed by atoms with Gasteiger partial charge in [0.2, 0.25) is 0 Å². The second-order valence-corrected chi connectivity index (χ2v) is 6.24. The SMILES string of the molecule is CCCCOc1ccc(/C=N\NC(=O)C(=O)Nc2ccc(C)cc2C)cc1. The molecule has 0 aliphatic rings. The fourth-order valence-electron chi connectivity index (χ4n) is 2.33. The number of benzene rings is 2. The van der Waals surface area contributed by atoms with E-state index in [0.717, 1.165) is 35.3 Å². The van der Waals surface area contributed by atoms with Gasteiger partial charge in [-0.15, -0.1) is 0 Å². The number of anilines is 1. The molecule has 2 N–H and O–H groups in total. The Morgan fingerprint density at radius 1 is 1.07 bits per heavy atom. The smallest absolute Gasteiger partial charge is 0.329 e. The van der Waals surface area contributed by atoms with E-state index in [2.05, 4.69) is 22.8 Å². The predicted molar refractivity (Wildman–Crippen MR) is 107 cm³/mol. The number of hydrogen-bond acceptors (Lipinski definition) is 4. The van der Waals surface area contributed by atoms with Crippen molar-refractivity contribution >= 4 is 23.7 Å². The molecule has 2 amide bonds. The molecule has 0 aliphatic heterocycles. The molecule has 0 unspecified atom stereocenters. The Kier molecular flexibility index (Phi) is 7.55. The molecular weight excluding hydrogens is 342 g/mol. The van der Waals surface area contributed by atoms with Gasteiger partial charge in [-0.3, -0.25) is 9.59 Å². The first kappa shape index (κ1) is 20.2. The van der Waals surface area contributed by atoms with Crippen molar-refractivity contribution in [1.82, 2.24) is 5.43 Å². The maximum atomic E-state index is 11.9. The van der Waals surface area contributed by atoms with Crippen molar-refractivity contribution in [1.29, 1.82) is 0 Å². The van der Waals surface area contributed by atoms with Gasteiger partial charge in [0.05, 0.1) is 12.8 Å². The summed E-state index contributed by atoms with van der Waals surface area (Å²) in [7, 11) is 0. The van der Waals surface area contributed by atoms with Crippen LogP contribution in [0.2, 0.25) is 0 Å². The van der Waals surface area contributed by atoms with E-state index in [1.807, 2.05) is 50.2 Å². The summed E-state index contributed by atoms with van der Waals surface area (Å²) in [6.07, 6.45) is 3.57. The van der Waals surface area contributed by atoms with Gasteiger partial charge in [-0.1, -0.05) is 31.0 Å². The number of amides is 2. The number of carbonyl (C=O) groups is 2. The van der Waals surface area contributed by atoms with Crippen LogP contribution in [0.5, 0.6) is 5.75 Å². The van der Waals surface area contributed by atoms with E-state index in [-0.39, 0.29) is 0 Å². The molecule has 2 aromatic rings. The summed E-state index contributed by atoms with van der Waals surface area (Å²) in [5.41, 5.74) is 5.59. The molecule has 0 atom stereocenters. The van der Waals surface area contributed by atoms with Crippen LogP contribution in [0.15, 0.2) is 47.6 Å². The summed E-state index contributed by atoms with van der Waals surface area (Å²) in [5.74, 6) is -0.804. The lowest BCUT2D eigenvalue weighted by atomic mass is 10.1. The highest BCUT2D eigenvalue weighted by atomic mass is 16.5. The fourth-order valence-corrected chi connectivity index (χ4v) is 2.33. The maximum Gasteiger partial charge on any atom is 0.329 e. The van der Waals surface area contributed by atoms with E-state index in [1.54, 1.807) is 6.07 Å². The molecule has 0 bridgehead atoms. The third-order valence-electron chi connectivity index (χ3n) is 3.86. The van der Waals surface area contributed by atoms with Crippen molar-refractivity contribution in [2.75, 3.05) is 11.9 Å². The minimum Gasteiger partial charge on any atom is -0.494 e. The van der Waals surface area contributed by atoms with Gasteiger partial charge in [-0.25, -0.2) is 5.43 Å². The first-order chi connectivity index (χ1) is 13.0. The van der Waals surface area contributed by atoms with Gasteiger partial charge in [-0.2, -0.15) is 5.10 Å².